The first-order valence-corrected chi connectivity index (χ1v) is 8.03. The zero-order valence-electron chi connectivity index (χ0n) is 12.3. The third-order valence-electron chi connectivity index (χ3n) is 3.67. The Hall–Kier alpha value is -1.78. The topological polar surface area (TPSA) is 51.8 Å². The van der Waals surface area contributed by atoms with E-state index in [1.54, 1.807) is 11.3 Å². The quantitative estimate of drug-likeness (QED) is 0.788. The zero-order chi connectivity index (χ0) is 14.8. The minimum atomic E-state index is 0.433. The fourth-order valence-corrected chi connectivity index (χ4v) is 3.60. The highest BCUT2D eigenvalue weighted by molar-refractivity contribution is 7.12. The number of nitrogens with two attached hydrogens (primary N) is 1. The van der Waals surface area contributed by atoms with Crippen LogP contribution in [0.3, 0.4) is 0 Å². The number of hydrogen-bond donors (Lipinski definition) is 1. The van der Waals surface area contributed by atoms with Gasteiger partial charge in [-0.15, -0.1) is 11.3 Å². The van der Waals surface area contributed by atoms with Crippen LogP contribution in [0.5, 0.6) is 0 Å². The van der Waals surface area contributed by atoms with E-state index in [1.165, 1.54) is 4.88 Å². The minimum Gasteiger partial charge on any atom is -0.330 e. The van der Waals surface area contributed by atoms with Gasteiger partial charge in [0.1, 0.15) is 0 Å². The Morgan fingerprint density at radius 3 is 2.90 bits per heavy atom. The largest absolute Gasteiger partial charge is 0.330 e. The highest BCUT2D eigenvalue weighted by Crippen LogP contribution is 2.35. The number of aromatic nitrogens is 2. The van der Waals surface area contributed by atoms with Gasteiger partial charge in [-0.05, 0) is 37.9 Å². The molecule has 0 radical (unpaired) electrons. The summed E-state index contributed by atoms with van der Waals surface area (Å²) in [6, 6.07) is 10.3. The third kappa shape index (κ3) is 2.82. The number of nitrogens with zero attached hydrogens (tertiary/aromatic N) is 2. The van der Waals surface area contributed by atoms with Gasteiger partial charge in [0.25, 0.3) is 0 Å². The summed E-state index contributed by atoms with van der Waals surface area (Å²) in [6.45, 7) is 4.98. The maximum atomic E-state index is 5.71. The van der Waals surface area contributed by atoms with Crippen molar-refractivity contribution in [3.05, 3.63) is 46.4 Å². The summed E-state index contributed by atoms with van der Waals surface area (Å²) in [7, 11) is 0. The highest BCUT2D eigenvalue weighted by atomic mass is 32.1. The van der Waals surface area contributed by atoms with Gasteiger partial charge in [-0.1, -0.05) is 25.1 Å². The number of para-hydroxylation sites is 1. The van der Waals surface area contributed by atoms with Crippen molar-refractivity contribution in [2.75, 3.05) is 6.54 Å². The molecular formula is C17H19N3S. The first-order chi connectivity index (χ1) is 10.2. The lowest BCUT2D eigenvalue weighted by atomic mass is 10.0. The van der Waals surface area contributed by atoms with Crippen molar-refractivity contribution in [1.82, 2.24) is 9.97 Å². The lowest BCUT2D eigenvalue weighted by Crippen LogP contribution is -2.04. The van der Waals surface area contributed by atoms with Crippen molar-refractivity contribution in [1.29, 1.82) is 0 Å². The Bertz CT molecular complexity index is 764. The molecule has 0 bridgehead atoms. The molecule has 3 rings (SSSR count). The maximum absolute atomic E-state index is 5.71. The first kappa shape index (κ1) is 14.2. The fourth-order valence-electron chi connectivity index (χ4n) is 2.57. The van der Waals surface area contributed by atoms with E-state index in [9.17, 15) is 0 Å². The Balaban J connectivity index is 2.09. The summed E-state index contributed by atoms with van der Waals surface area (Å²) >= 11 is 1.77. The van der Waals surface area contributed by atoms with E-state index >= 15 is 0 Å². The predicted octanol–water partition coefficient (Wildman–Crippen LogP) is 4.12. The summed E-state index contributed by atoms with van der Waals surface area (Å²) in [4.78, 5) is 10.6. The highest BCUT2D eigenvalue weighted by Gasteiger charge is 2.17. The van der Waals surface area contributed by atoms with E-state index in [4.69, 9.17) is 10.7 Å². The van der Waals surface area contributed by atoms with Crippen LogP contribution in [-0.2, 0) is 0 Å². The molecule has 1 unspecified atom stereocenters. The van der Waals surface area contributed by atoms with Crippen LogP contribution in [0, 0.1) is 6.92 Å². The summed E-state index contributed by atoms with van der Waals surface area (Å²) in [5, 5.41) is 2.25. The number of benzene rings is 1. The normalized spacial score (nSPS) is 12.7. The Labute approximate surface area is 128 Å². The second-order valence-corrected chi connectivity index (χ2v) is 6.58. The van der Waals surface area contributed by atoms with Gasteiger partial charge < -0.3 is 5.73 Å². The van der Waals surface area contributed by atoms with Gasteiger partial charge in [-0.25, -0.2) is 4.98 Å². The van der Waals surface area contributed by atoms with Crippen LogP contribution < -0.4 is 5.73 Å². The molecule has 2 heterocycles. The summed E-state index contributed by atoms with van der Waals surface area (Å²) in [6.07, 6.45) is 2.91. The van der Waals surface area contributed by atoms with Crippen molar-refractivity contribution >= 4 is 22.2 Å². The SMILES string of the molecule is Cc1nc(-c2cnc3ccccc3c2)c(C(C)CCN)s1. The van der Waals surface area contributed by atoms with E-state index in [0.29, 0.717) is 12.5 Å². The monoisotopic (exact) mass is 297 g/mol. The molecule has 0 aliphatic rings. The molecular weight excluding hydrogens is 278 g/mol. The Kier molecular flexibility index (Phi) is 3.99. The van der Waals surface area contributed by atoms with Crippen LogP contribution in [-0.4, -0.2) is 16.5 Å². The third-order valence-corrected chi connectivity index (χ3v) is 4.87. The Morgan fingerprint density at radius 2 is 2.10 bits per heavy atom. The molecule has 4 heteroatoms. The average Bonchev–Trinajstić information content (AvgIpc) is 2.89. The maximum Gasteiger partial charge on any atom is 0.0904 e. The molecule has 0 spiro atoms. The van der Waals surface area contributed by atoms with Gasteiger partial charge in [0.2, 0.25) is 0 Å². The summed E-state index contributed by atoms with van der Waals surface area (Å²) in [5.74, 6) is 0.433. The number of pyridine rings is 1. The number of fused-ring (bicyclic) bond motifs is 1. The standard InChI is InChI=1S/C17H19N3S/c1-11(7-8-18)17-16(20-12(2)21-17)14-9-13-5-3-4-6-15(13)19-10-14/h3-6,9-11H,7-8,18H2,1-2H3. The van der Waals surface area contributed by atoms with E-state index in [-0.39, 0.29) is 0 Å². The first-order valence-electron chi connectivity index (χ1n) is 7.21. The van der Waals surface area contributed by atoms with Crippen LogP contribution in [0.25, 0.3) is 22.2 Å². The summed E-state index contributed by atoms with van der Waals surface area (Å²) < 4.78 is 0. The number of hydrogen-bond acceptors (Lipinski definition) is 4. The van der Waals surface area contributed by atoms with Gasteiger partial charge in [-0.3, -0.25) is 4.98 Å². The van der Waals surface area contributed by atoms with Crippen LogP contribution >= 0.6 is 11.3 Å². The second-order valence-electron chi connectivity index (χ2n) is 5.34. The second kappa shape index (κ2) is 5.92. The molecule has 1 atom stereocenters. The van der Waals surface area contributed by atoms with Crippen molar-refractivity contribution in [3.8, 4) is 11.3 Å². The Morgan fingerprint density at radius 1 is 1.29 bits per heavy atom. The van der Waals surface area contributed by atoms with Gasteiger partial charge >= 0.3 is 0 Å². The van der Waals surface area contributed by atoms with Crippen LogP contribution in [0.2, 0.25) is 0 Å². The van der Waals surface area contributed by atoms with Crippen LogP contribution in [0.15, 0.2) is 36.5 Å². The molecule has 0 aliphatic carbocycles. The van der Waals surface area contributed by atoms with E-state index in [1.807, 2.05) is 24.4 Å². The molecule has 1 aromatic carbocycles. The molecule has 0 saturated carbocycles. The molecule has 0 saturated heterocycles. The molecule has 0 aliphatic heterocycles. The lowest BCUT2D eigenvalue weighted by molar-refractivity contribution is 0.701. The summed E-state index contributed by atoms with van der Waals surface area (Å²) in [5.41, 5.74) is 8.89. The van der Waals surface area contributed by atoms with Gasteiger partial charge in [0.05, 0.1) is 16.2 Å². The molecule has 3 aromatic rings. The zero-order valence-corrected chi connectivity index (χ0v) is 13.2. The molecule has 108 valence electrons. The minimum absolute atomic E-state index is 0.433. The van der Waals surface area contributed by atoms with Gasteiger partial charge in [-0.2, -0.15) is 0 Å². The van der Waals surface area contributed by atoms with Gasteiger partial charge in [0, 0.05) is 22.0 Å². The molecule has 21 heavy (non-hydrogen) atoms. The average molecular weight is 297 g/mol. The predicted molar refractivity (Wildman–Crippen MR) is 89.7 cm³/mol. The van der Waals surface area contributed by atoms with E-state index in [0.717, 1.165) is 33.6 Å². The van der Waals surface area contributed by atoms with E-state index < -0.39 is 0 Å². The van der Waals surface area contributed by atoms with Crippen LogP contribution in [0.1, 0.15) is 29.1 Å². The molecule has 2 N–H and O–H groups in total. The van der Waals surface area contributed by atoms with Crippen LogP contribution in [0.4, 0.5) is 0 Å². The molecule has 3 nitrogen and oxygen atoms in total. The van der Waals surface area contributed by atoms with Crippen molar-refractivity contribution < 1.29 is 0 Å². The van der Waals surface area contributed by atoms with Crippen molar-refractivity contribution in [2.24, 2.45) is 5.73 Å². The van der Waals surface area contributed by atoms with Gasteiger partial charge in [0.15, 0.2) is 0 Å². The van der Waals surface area contributed by atoms with Crippen molar-refractivity contribution in [2.45, 2.75) is 26.2 Å². The fraction of sp³-hybridized carbons (Fsp3) is 0.294. The number of aryl methyl sites for hydroxylation is 1. The molecule has 0 fully saturated rings. The number of rotatable bonds is 4. The van der Waals surface area contributed by atoms with E-state index in [2.05, 4.69) is 31.0 Å². The smallest absolute Gasteiger partial charge is 0.0904 e. The lowest BCUT2D eigenvalue weighted by Gasteiger charge is -2.10. The van der Waals surface area contributed by atoms with Crippen molar-refractivity contribution in [3.63, 3.8) is 0 Å². The molecule has 2 aromatic heterocycles. The molecule has 0 amide bonds. The number of thiazole rings is 1.